The molecule has 1 atom stereocenters. The molecule has 1 aliphatic heterocycles. The first-order chi connectivity index (χ1) is 10.6. The first-order valence-corrected chi connectivity index (χ1v) is 7.51. The van der Waals surface area contributed by atoms with E-state index in [0.29, 0.717) is 19.6 Å². The van der Waals surface area contributed by atoms with Crippen molar-refractivity contribution in [3.8, 4) is 5.75 Å². The number of nitrogens with zero attached hydrogens (tertiary/aromatic N) is 1. The van der Waals surface area contributed by atoms with Crippen LogP contribution in [-0.2, 0) is 16.0 Å². The number of hydrogen-bond donors (Lipinski definition) is 2. The van der Waals surface area contributed by atoms with Crippen molar-refractivity contribution in [3.05, 3.63) is 29.8 Å². The Morgan fingerprint density at radius 1 is 1.41 bits per heavy atom. The summed E-state index contributed by atoms with van der Waals surface area (Å²) >= 11 is 0. The van der Waals surface area contributed by atoms with Crippen LogP contribution in [0.3, 0.4) is 0 Å². The Hall–Kier alpha value is -2.08. The molecule has 0 aliphatic carbocycles. The molecule has 6 heteroatoms. The third-order valence-corrected chi connectivity index (χ3v) is 3.87. The maximum atomic E-state index is 12.1. The van der Waals surface area contributed by atoms with E-state index in [-0.39, 0.29) is 24.4 Å². The molecule has 2 amide bonds. The Labute approximate surface area is 130 Å². The summed E-state index contributed by atoms with van der Waals surface area (Å²) in [6.45, 7) is 4.00. The van der Waals surface area contributed by atoms with Gasteiger partial charge < -0.3 is 15.4 Å². The lowest BCUT2D eigenvalue weighted by Gasteiger charge is -2.31. The topological polar surface area (TPSA) is 70.7 Å². The van der Waals surface area contributed by atoms with E-state index < -0.39 is 0 Å². The molecule has 22 heavy (non-hydrogen) atoms. The normalized spacial score (nSPS) is 16.7. The Morgan fingerprint density at radius 3 is 2.77 bits per heavy atom. The van der Waals surface area contributed by atoms with Crippen LogP contribution in [0.1, 0.15) is 12.5 Å². The highest BCUT2D eigenvalue weighted by Crippen LogP contribution is 2.11. The van der Waals surface area contributed by atoms with Gasteiger partial charge in [0, 0.05) is 19.6 Å². The number of nitrogens with one attached hydrogen (secondary N) is 2. The van der Waals surface area contributed by atoms with Crippen LogP contribution in [0.5, 0.6) is 5.75 Å². The van der Waals surface area contributed by atoms with Crippen molar-refractivity contribution in [1.29, 1.82) is 0 Å². The quantitative estimate of drug-likeness (QED) is 0.786. The van der Waals surface area contributed by atoms with Gasteiger partial charge >= 0.3 is 0 Å². The number of methoxy groups -OCH3 is 1. The summed E-state index contributed by atoms with van der Waals surface area (Å²) in [5, 5.41) is 5.69. The van der Waals surface area contributed by atoms with Crippen molar-refractivity contribution in [2.75, 3.05) is 33.3 Å². The van der Waals surface area contributed by atoms with E-state index in [1.54, 1.807) is 7.11 Å². The smallest absolute Gasteiger partial charge is 0.237 e. The van der Waals surface area contributed by atoms with Gasteiger partial charge in [0.15, 0.2) is 0 Å². The van der Waals surface area contributed by atoms with Crippen LogP contribution in [-0.4, -0.2) is 56.0 Å². The molecule has 2 rings (SSSR count). The molecule has 120 valence electrons. The van der Waals surface area contributed by atoms with Crippen LogP contribution in [0.15, 0.2) is 24.3 Å². The molecule has 6 nitrogen and oxygen atoms in total. The van der Waals surface area contributed by atoms with Gasteiger partial charge in [0.25, 0.3) is 0 Å². The fourth-order valence-corrected chi connectivity index (χ4v) is 2.42. The SMILES string of the molecule is COc1ccc(CCNC(=O)C(C)N2CCNC(=O)C2)cc1. The van der Waals surface area contributed by atoms with Gasteiger partial charge in [0.05, 0.1) is 19.7 Å². The minimum atomic E-state index is -0.290. The monoisotopic (exact) mass is 305 g/mol. The Bertz CT molecular complexity index is 516. The summed E-state index contributed by atoms with van der Waals surface area (Å²) in [7, 11) is 1.64. The van der Waals surface area contributed by atoms with Crippen LogP contribution >= 0.6 is 0 Å². The van der Waals surface area contributed by atoms with Gasteiger partial charge in [-0.1, -0.05) is 12.1 Å². The van der Waals surface area contributed by atoms with Crippen molar-refractivity contribution in [2.24, 2.45) is 0 Å². The van der Waals surface area contributed by atoms with Gasteiger partial charge in [-0.2, -0.15) is 0 Å². The summed E-state index contributed by atoms with van der Waals surface area (Å²) in [4.78, 5) is 25.4. The Morgan fingerprint density at radius 2 is 2.14 bits per heavy atom. The average Bonchev–Trinajstić information content (AvgIpc) is 2.54. The summed E-state index contributed by atoms with van der Waals surface area (Å²) in [5.41, 5.74) is 1.14. The number of amides is 2. The fraction of sp³-hybridized carbons (Fsp3) is 0.500. The predicted octanol–water partition coefficient (Wildman–Crippen LogP) is 0.174. The number of carbonyl (C=O) groups is 2. The number of carbonyl (C=O) groups excluding carboxylic acids is 2. The largest absolute Gasteiger partial charge is 0.497 e. The maximum absolute atomic E-state index is 12.1. The molecule has 0 bridgehead atoms. The van der Waals surface area contributed by atoms with Crippen molar-refractivity contribution < 1.29 is 14.3 Å². The minimum absolute atomic E-state index is 0.0240. The second-order valence-corrected chi connectivity index (χ2v) is 5.39. The molecular formula is C16H23N3O3. The van der Waals surface area contributed by atoms with Gasteiger partial charge in [0.1, 0.15) is 5.75 Å². The lowest BCUT2D eigenvalue weighted by molar-refractivity contribution is -0.130. The number of piperazine rings is 1. The maximum Gasteiger partial charge on any atom is 0.237 e. The van der Waals surface area contributed by atoms with Crippen LogP contribution in [0.4, 0.5) is 0 Å². The highest BCUT2D eigenvalue weighted by atomic mass is 16.5. The molecule has 2 N–H and O–H groups in total. The zero-order valence-electron chi connectivity index (χ0n) is 13.1. The average molecular weight is 305 g/mol. The molecule has 0 aromatic heterocycles. The van der Waals surface area contributed by atoms with Crippen molar-refractivity contribution in [2.45, 2.75) is 19.4 Å². The van der Waals surface area contributed by atoms with E-state index in [2.05, 4.69) is 10.6 Å². The number of hydrogen-bond acceptors (Lipinski definition) is 4. The Kier molecular flexibility index (Phi) is 5.77. The van der Waals surface area contributed by atoms with Gasteiger partial charge in [-0.3, -0.25) is 14.5 Å². The minimum Gasteiger partial charge on any atom is -0.497 e. The van der Waals surface area contributed by atoms with E-state index in [4.69, 9.17) is 4.74 Å². The van der Waals surface area contributed by atoms with E-state index in [9.17, 15) is 9.59 Å². The third kappa shape index (κ3) is 4.46. The van der Waals surface area contributed by atoms with Crippen molar-refractivity contribution >= 4 is 11.8 Å². The van der Waals surface area contributed by atoms with Crippen LogP contribution < -0.4 is 15.4 Å². The molecule has 1 fully saturated rings. The number of ether oxygens (including phenoxy) is 1. The molecular weight excluding hydrogens is 282 g/mol. The summed E-state index contributed by atoms with van der Waals surface area (Å²) in [6, 6.07) is 7.51. The van der Waals surface area contributed by atoms with E-state index in [0.717, 1.165) is 17.7 Å². The second kappa shape index (κ2) is 7.79. The van der Waals surface area contributed by atoms with Gasteiger partial charge in [-0.25, -0.2) is 0 Å². The summed E-state index contributed by atoms with van der Waals surface area (Å²) in [6.07, 6.45) is 0.767. The molecule has 1 unspecified atom stereocenters. The van der Waals surface area contributed by atoms with Gasteiger partial charge in [-0.05, 0) is 31.0 Å². The van der Waals surface area contributed by atoms with Gasteiger partial charge in [-0.15, -0.1) is 0 Å². The summed E-state index contributed by atoms with van der Waals surface area (Å²) < 4.78 is 5.11. The van der Waals surface area contributed by atoms with E-state index in [1.807, 2.05) is 36.1 Å². The highest BCUT2D eigenvalue weighted by Gasteiger charge is 2.25. The predicted molar refractivity (Wildman–Crippen MR) is 83.8 cm³/mol. The van der Waals surface area contributed by atoms with E-state index >= 15 is 0 Å². The molecule has 1 aromatic carbocycles. The molecule has 1 heterocycles. The molecule has 0 saturated carbocycles. The van der Waals surface area contributed by atoms with Gasteiger partial charge in [0.2, 0.25) is 11.8 Å². The Balaban J connectivity index is 1.75. The summed E-state index contributed by atoms with van der Waals surface area (Å²) in [5.74, 6) is 0.761. The first-order valence-electron chi connectivity index (χ1n) is 7.51. The molecule has 0 spiro atoms. The lowest BCUT2D eigenvalue weighted by atomic mass is 10.1. The molecule has 1 aromatic rings. The molecule has 0 radical (unpaired) electrons. The lowest BCUT2D eigenvalue weighted by Crippen LogP contribution is -2.55. The molecule has 1 saturated heterocycles. The number of benzene rings is 1. The zero-order valence-corrected chi connectivity index (χ0v) is 13.1. The van der Waals surface area contributed by atoms with Crippen LogP contribution in [0.2, 0.25) is 0 Å². The van der Waals surface area contributed by atoms with Crippen molar-refractivity contribution in [1.82, 2.24) is 15.5 Å². The standard InChI is InChI=1S/C16H23N3O3/c1-12(19-10-9-17-15(20)11-19)16(21)18-8-7-13-3-5-14(22-2)6-4-13/h3-6,12H,7-11H2,1-2H3,(H,17,20)(H,18,21). The van der Waals surface area contributed by atoms with Crippen molar-refractivity contribution in [3.63, 3.8) is 0 Å². The van der Waals surface area contributed by atoms with Crippen LogP contribution in [0, 0.1) is 0 Å². The highest BCUT2D eigenvalue weighted by molar-refractivity contribution is 5.83. The van der Waals surface area contributed by atoms with E-state index in [1.165, 1.54) is 0 Å². The second-order valence-electron chi connectivity index (χ2n) is 5.39. The zero-order chi connectivity index (χ0) is 15.9. The fourth-order valence-electron chi connectivity index (χ4n) is 2.42. The first kappa shape index (κ1) is 16.3. The van der Waals surface area contributed by atoms with Crippen LogP contribution in [0.25, 0.3) is 0 Å². The third-order valence-electron chi connectivity index (χ3n) is 3.87. The number of rotatable bonds is 6. The molecule has 1 aliphatic rings.